The van der Waals surface area contributed by atoms with Crippen LogP contribution < -0.4 is 10.2 Å². The molecule has 1 N–H and O–H groups in total. The van der Waals surface area contributed by atoms with Crippen LogP contribution in [0.2, 0.25) is 0 Å². The summed E-state index contributed by atoms with van der Waals surface area (Å²) >= 11 is 3.47. The van der Waals surface area contributed by atoms with Crippen molar-refractivity contribution >= 4 is 27.6 Å². The molecule has 0 radical (unpaired) electrons. The van der Waals surface area contributed by atoms with Gasteiger partial charge in [0.25, 0.3) is 0 Å². The molecule has 0 aromatic carbocycles. The Kier molecular flexibility index (Phi) is 6.39. The molecule has 0 aliphatic heterocycles. The summed E-state index contributed by atoms with van der Waals surface area (Å²) in [6.07, 6.45) is 1.94. The van der Waals surface area contributed by atoms with E-state index in [-0.39, 0.29) is 0 Å². The summed E-state index contributed by atoms with van der Waals surface area (Å²) in [6, 6.07) is 2.14. The van der Waals surface area contributed by atoms with E-state index in [1.807, 2.05) is 4.90 Å². The predicted octanol–water partition coefficient (Wildman–Crippen LogP) is 1.65. The Morgan fingerprint density at radius 2 is 2.28 bits per heavy atom. The van der Waals surface area contributed by atoms with Gasteiger partial charge in [-0.25, -0.2) is 9.97 Å². The van der Waals surface area contributed by atoms with E-state index < -0.39 is 0 Å². The van der Waals surface area contributed by atoms with Crippen LogP contribution in [0, 0.1) is 11.3 Å². The predicted molar refractivity (Wildman–Crippen MR) is 73.6 cm³/mol. The Morgan fingerprint density at radius 1 is 1.50 bits per heavy atom. The van der Waals surface area contributed by atoms with Gasteiger partial charge in [0.2, 0.25) is 0 Å². The van der Waals surface area contributed by atoms with Crippen LogP contribution in [0.15, 0.2) is 10.8 Å². The van der Waals surface area contributed by atoms with E-state index in [0.717, 1.165) is 16.1 Å². The smallest absolute Gasteiger partial charge is 0.148 e. The molecule has 0 aliphatic rings. The molecule has 0 spiro atoms. The second kappa shape index (κ2) is 7.84. The van der Waals surface area contributed by atoms with Crippen LogP contribution in [0.25, 0.3) is 0 Å². The molecule has 0 amide bonds. The molecule has 0 atom stereocenters. The quantitative estimate of drug-likeness (QED) is 0.825. The first kappa shape index (κ1) is 14.7. The average molecular weight is 314 g/mol. The molecule has 1 aromatic rings. The highest BCUT2D eigenvalue weighted by atomic mass is 79.9. The first-order valence-electron chi connectivity index (χ1n) is 5.53. The molecule has 1 heterocycles. The summed E-state index contributed by atoms with van der Waals surface area (Å²) in [5, 5.41) is 11.7. The van der Waals surface area contributed by atoms with Gasteiger partial charge in [0.1, 0.15) is 22.4 Å². The number of methoxy groups -OCH3 is 1. The van der Waals surface area contributed by atoms with Gasteiger partial charge in [0.05, 0.1) is 19.1 Å². The Hall–Kier alpha value is -1.39. The third-order valence-electron chi connectivity index (χ3n) is 2.37. The van der Waals surface area contributed by atoms with Crippen molar-refractivity contribution < 1.29 is 4.74 Å². The van der Waals surface area contributed by atoms with Crippen molar-refractivity contribution in [1.29, 1.82) is 5.26 Å². The van der Waals surface area contributed by atoms with E-state index in [9.17, 15) is 0 Å². The highest BCUT2D eigenvalue weighted by molar-refractivity contribution is 9.10. The molecule has 7 heteroatoms. The summed E-state index contributed by atoms with van der Waals surface area (Å²) in [7, 11) is 3.45. The maximum Gasteiger partial charge on any atom is 0.148 e. The molecule has 98 valence electrons. The SMILES string of the molecule is CNc1ncnc(N(CCC#N)CCOC)c1Br. The second-order valence-corrected chi connectivity index (χ2v) is 4.29. The minimum Gasteiger partial charge on any atom is -0.383 e. The fourth-order valence-corrected chi connectivity index (χ4v) is 2.12. The van der Waals surface area contributed by atoms with Gasteiger partial charge in [0.15, 0.2) is 0 Å². The third kappa shape index (κ3) is 3.82. The van der Waals surface area contributed by atoms with Gasteiger partial charge in [-0.15, -0.1) is 0 Å². The van der Waals surface area contributed by atoms with Crippen LogP contribution >= 0.6 is 15.9 Å². The van der Waals surface area contributed by atoms with Crippen molar-refractivity contribution in [3.8, 4) is 6.07 Å². The Bertz CT molecular complexity index is 420. The fraction of sp³-hybridized carbons (Fsp3) is 0.545. The van der Waals surface area contributed by atoms with Crippen molar-refractivity contribution in [3.05, 3.63) is 10.8 Å². The zero-order valence-electron chi connectivity index (χ0n) is 10.5. The van der Waals surface area contributed by atoms with E-state index in [0.29, 0.717) is 26.1 Å². The van der Waals surface area contributed by atoms with Gasteiger partial charge in [-0.3, -0.25) is 0 Å². The van der Waals surface area contributed by atoms with Crippen LogP contribution in [0.4, 0.5) is 11.6 Å². The highest BCUT2D eigenvalue weighted by Crippen LogP contribution is 2.29. The number of ether oxygens (including phenoxy) is 1. The van der Waals surface area contributed by atoms with Crippen molar-refractivity contribution in [2.24, 2.45) is 0 Å². The Balaban J connectivity index is 2.93. The standard InChI is InChI=1S/C11H16BrN5O/c1-14-10-9(12)11(16-8-15-10)17(5-3-4-13)6-7-18-2/h8H,3,5-7H2,1-2H3,(H,14,15,16). The number of anilines is 2. The van der Waals surface area contributed by atoms with Crippen molar-refractivity contribution in [2.75, 3.05) is 44.1 Å². The monoisotopic (exact) mass is 313 g/mol. The number of nitrogens with zero attached hydrogens (tertiary/aromatic N) is 4. The molecule has 1 aromatic heterocycles. The maximum atomic E-state index is 8.69. The molecule has 0 saturated carbocycles. The molecular formula is C11H16BrN5O. The van der Waals surface area contributed by atoms with Gasteiger partial charge < -0.3 is 15.0 Å². The molecular weight excluding hydrogens is 298 g/mol. The van der Waals surface area contributed by atoms with Crippen molar-refractivity contribution in [3.63, 3.8) is 0 Å². The lowest BCUT2D eigenvalue weighted by molar-refractivity contribution is 0.205. The van der Waals surface area contributed by atoms with E-state index in [1.54, 1.807) is 14.2 Å². The number of halogens is 1. The lowest BCUT2D eigenvalue weighted by Crippen LogP contribution is -2.29. The van der Waals surface area contributed by atoms with Crippen LogP contribution in [0.1, 0.15) is 6.42 Å². The van der Waals surface area contributed by atoms with Gasteiger partial charge in [0, 0.05) is 27.2 Å². The number of nitrogens with one attached hydrogen (secondary N) is 1. The number of hydrogen-bond acceptors (Lipinski definition) is 6. The first-order chi connectivity index (χ1) is 8.74. The van der Waals surface area contributed by atoms with Crippen LogP contribution in [-0.2, 0) is 4.74 Å². The largest absolute Gasteiger partial charge is 0.383 e. The molecule has 0 saturated heterocycles. The molecule has 0 aliphatic carbocycles. The lowest BCUT2D eigenvalue weighted by atomic mass is 10.3. The summed E-state index contributed by atoms with van der Waals surface area (Å²) in [6.45, 7) is 1.87. The average Bonchev–Trinajstić information content (AvgIpc) is 2.40. The summed E-state index contributed by atoms with van der Waals surface area (Å²) < 4.78 is 5.86. The topological polar surface area (TPSA) is 74.1 Å². The molecule has 0 bridgehead atoms. The molecule has 0 fully saturated rings. The van der Waals surface area contributed by atoms with E-state index in [2.05, 4.69) is 37.3 Å². The zero-order chi connectivity index (χ0) is 13.4. The molecule has 18 heavy (non-hydrogen) atoms. The third-order valence-corrected chi connectivity index (χ3v) is 3.10. The van der Waals surface area contributed by atoms with E-state index in [4.69, 9.17) is 10.00 Å². The maximum absolute atomic E-state index is 8.69. The fourth-order valence-electron chi connectivity index (χ4n) is 1.47. The summed E-state index contributed by atoms with van der Waals surface area (Å²) in [5.74, 6) is 1.49. The Morgan fingerprint density at radius 3 is 2.89 bits per heavy atom. The minimum absolute atomic E-state index is 0.440. The van der Waals surface area contributed by atoms with Gasteiger partial charge in [-0.05, 0) is 15.9 Å². The normalized spacial score (nSPS) is 9.89. The van der Waals surface area contributed by atoms with Gasteiger partial charge in [-0.1, -0.05) is 0 Å². The minimum atomic E-state index is 0.440. The number of rotatable bonds is 7. The van der Waals surface area contributed by atoms with E-state index in [1.165, 1.54) is 6.33 Å². The second-order valence-electron chi connectivity index (χ2n) is 3.50. The number of nitriles is 1. The molecule has 6 nitrogen and oxygen atoms in total. The summed E-state index contributed by atoms with van der Waals surface area (Å²) in [5.41, 5.74) is 0. The van der Waals surface area contributed by atoms with Crippen LogP contribution in [0.3, 0.4) is 0 Å². The zero-order valence-corrected chi connectivity index (χ0v) is 12.1. The summed E-state index contributed by atoms with van der Waals surface area (Å²) in [4.78, 5) is 10.4. The number of hydrogen-bond donors (Lipinski definition) is 1. The molecule has 1 rings (SSSR count). The first-order valence-corrected chi connectivity index (χ1v) is 6.33. The Labute approximate surface area is 115 Å². The number of aromatic nitrogens is 2. The van der Waals surface area contributed by atoms with E-state index >= 15 is 0 Å². The van der Waals surface area contributed by atoms with Crippen LogP contribution in [0.5, 0.6) is 0 Å². The lowest BCUT2D eigenvalue weighted by Gasteiger charge is -2.23. The van der Waals surface area contributed by atoms with Crippen molar-refractivity contribution in [1.82, 2.24) is 9.97 Å². The van der Waals surface area contributed by atoms with Crippen molar-refractivity contribution in [2.45, 2.75) is 6.42 Å². The highest BCUT2D eigenvalue weighted by Gasteiger charge is 2.14. The van der Waals surface area contributed by atoms with Gasteiger partial charge in [-0.2, -0.15) is 5.26 Å². The molecule has 0 unspecified atom stereocenters. The van der Waals surface area contributed by atoms with Crippen LogP contribution in [-0.4, -0.2) is 43.8 Å². The van der Waals surface area contributed by atoms with Gasteiger partial charge >= 0.3 is 0 Å².